The fourth-order valence-corrected chi connectivity index (χ4v) is 2.47. The average molecular weight is 396 g/mol. The molecule has 0 saturated carbocycles. The molecule has 0 aliphatic rings. The molecule has 5 nitrogen and oxygen atoms in total. The monoisotopic (exact) mass is 396 g/mol. The van der Waals surface area contributed by atoms with Gasteiger partial charge in [-0.25, -0.2) is 4.39 Å². The van der Waals surface area contributed by atoms with Crippen LogP contribution in [0.2, 0.25) is 0 Å². The SMILES string of the molecule is CN=C(NCc1ccc(C(=O)NC)cc1)NCc1ccc(F)cc1C(F)(F)F. The van der Waals surface area contributed by atoms with Gasteiger partial charge in [0.15, 0.2) is 5.96 Å². The van der Waals surface area contributed by atoms with Crippen molar-refractivity contribution in [1.82, 2.24) is 16.0 Å². The Hall–Kier alpha value is -3.10. The minimum Gasteiger partial charge on any atom is -0.355 e. The maximum atomic E-state index is 13.2. The van der Waals surface area contributed by atoms with Crippen molar-refractivity contribution in [3.8, 4) is 0 Å². The van der Waals surface area contributed by atoms with Crippen molar-refractivity contribution in [2.45, 2.75) is 19.3 Å². The molecule has 3 N–H and O–H groups in total. The summed E-state index contributed by atoms with van der Waals surface area (Å²) < 4.78 is 52.3. The van der Waals surface area contributed by atoms with E-state index < -0.39 is 17.6 Å². The number of carbonyl (C=O) groups is 1. The molecule has 2 aromatic carbocycles. The molecule has 0 unspecified atom stereocenters. The second-order valence-electron chi connectivity index (χ2n) is 5.85. The molecule has 2 rings (SSSR count). The number of guanidine groups is 1. The van der Waals surface area contributed by atoms with E-state index in [1.54, 1.807) is 31.3 Å². The molecule has 150 valence electrons. The van der Waals surface area contributed by atoms with Gasteiger partial charge in [-0.3, -0.25) is 9.79 Å². The maximum absolute atomic E-state index is 13.2. The lowest BCUT2D eigenvalue weighted by Gasteiger charge is -2.16. The molecule has 0 fully saturated rings. The molecule has 0 atom stereocenters. The molecular weight excluding hydrogens is 376 g/mol. The van der Waals surface area contributed by atoms with Crippen molar-refractivity contribution in [3.05, 3.63) is 70.5 Å². The Labute approximate surface area is 159 Å². The molecule has 0 heterocycles. The quantitative estimate of drug-likeness (QED) is 0.414. The van der Waals surface area contributed by atoms with E-state index in [1.165, 1.54) is 7.05 Å². The molecule has 0 radical (unpaired) electrons. The largest absolute Gasteiger partial charge is 0.416 e. The first kappa shape index (κ1) is 21.2. The molecule has 0 aliphatic carbocycles. The Bertz CT molecular complexity index is 848. The highest BCUT2D eigenvalue weighted by molar-refractivity contribution is 5.93. The maximum Gasteiger partial charge on any atom is 0.416 e. The Kier molecular flexibility index (Phi) is 6.97. The zero-order valence-corrected chi connectivity index (χ0v) is 15.3. The molecular formula is C19H20F4N4O. The summed E-state index contributed by atoms with van der Waals surface area (Å²) in [6.45, 7) is 0.174. The van der Waals surface area contributed by atoms with E-state index in [0.29, 0.717) is 18.2 Å². The minimum absolute atomic E-state index is 0.0909. The number of hydrogen-bond acceptors (Lipinski definition) is 2. The van der Waals surface area contributed by atoms with Crippen LogP contribution in [0.25, 0.3) is 0 Å². The Balaban J connectivity index is 1.98. The first-order chi connectivity index (χ1) is 13.2. The molecule has 1 amide bonds. The van der Waals surface area contributed by atoms with Crippen molar-refractivity contribution in [2.24, 2.45) is 4.99 Å². The van der Waals surface area contributed by atoms with Crippen LogP contribution in [-0.2, 0) is 19.3 Å². The number of alkyl halides is 3. The highest BCUT2D eigenvalue weighted by Gasteiger charge is 2.33. The third-order valence-electron chi connectivity index (χ3n) is 3.95. The number of benzene rings is 2. The normalized spacial score (nSPS) is 11.9. The van der Waals surface area contributed by atoms with E-state index in [4.69, 9.17) is 0 Å². The Morgan fingerprint density at radius 1 is 1.04 bits per heavy atom. The first-order valence-electron chi connectivity index (χ1n) is 8.35. The number of amides is 1. The van der Waals surface area contributed by atoms with Crippen LogP contribution >= 0.6 is 0 Å². The van der Waals surface area contributed by atoms with Crippen LogP contribution in [0.5, 0.6) is 0 Å². The third-order valence-corrected chi connectivity index (χ3v) is 3.95. The topological polar surface area (TPSA) is 65.5 Å². The van der Waals surface area contributed by atoms with Crippen LogP contribution in [0.1, 0.15) is 27.0 Å². The number of carbonyl (C=O) groups excluding carboxylic acids is 1. The molecule has 0 aromatic heterocycles. The second kappa shape index (κ2) is 9.20. The van der Waals surface area contributed by atoms with Gasteiger partial charge in [0.1, 0.15) is 5.82 Å². The standard InChI is InChI=1S/C19H20F4N4O/c1-24-17(28)13-5-3-12(4-6-13)10-26-18(25-2)27-11-14-7-8-15(20)9-16(14)19(21,22)23/h3-9H,10-11H2,1-2H3,(H,24,28)(H2,25,26,27). The lowest BCUT2D eigenvalue weighted by Crippen LogP contribution is -2.36. The summed E-state index contributed by atoms with van der Waals surface area (Å²) in [5.41, 5.74) is 0.255. The zero-order valence-electron chi connectivity index (χ0n) is 15.3. The fourth-order valence-electron chi connectivity index (χ4n) is 2.47. The minimum atomic E-state index is -4.65. The van der Waals surface area contributed by atoms with Gasteiger partial charge in [0.2, 0.25) is 0 Å². The molecule has 9 heteroatoms. The van der Waals surface area contributed by atoms with Crippen molar-refractivity contribution in [2.75, 3.05) is 14.1 Å². The van der Waals surface area contributed by atoms with E-state index in [1.807, 2.05) is 0 Å². The predicted molar refractivity (Wildman–Crippen MR) is 98.3 cm³/mol. The van der Waals surface area contributed by atoms with Gasteiger partial charge in [-0.1, -0.05) is 18.2 Å². The van der Waals surface area contributed by atoms with Gasteiger partial charge in [0.05, 0.1) is 5.56 Å². The lowest BCUT2D eigenvalue weighted by molar-refractivity contribution is -0.138. The number of hydrogen-bond donors (Lipinski definition) is 3. The summed E-state index contributed by atoms with van der Waals surface area (Å²) in [4.78, 5) is 15.5. The zero-order chi connectivity index (χ0) is 20.7. The van der Waals surface area contributed by atoms with Gasteiger partial charge in [0.25, 0.3) is 5.91 Å². The third kappa shape index (κ3) is 5.70. The van der Waals surface area contributed by atoms with E-state index in [9.17, 15) is 22.4 Å². The number of rotatable bonds is 5. The van der Waals surface area contributed by atoms with Crippen molar-refractivity contribution in [1.29, 1.82) is 0 Å². The average Bonchev–Trinajstić information content (AvgIpc) is 2.68. The van der Waals surface area contributed by atoms with Crippen LogP contribution in [0.4, 0.5) is 17.6 Å². The van der Waals surface area contributed by atoms with E-state index in [-0.39, 0.29) is 24.0 Å². The van der Waals surface area contributed by atoms with Crippen LogP contribution < -0.4 is 16.0 Å². The highest BCUT2D eigenvalue weighted by Crippen LogP contribution is 2.32. The molecule has 2 aromatic rings. The van der Waals surface area contributed by atoms with Crippen LogP contribution in [0.3, 0.4) is 0 Å². The van der Waals surface area contributed by atoms with Gasteiger partial charge in [0, 0.05) is 32.7 Å². The van der Waals surface area contributed by atoms with Crippen molar-refractivity contribution < 1.29 is 22.4 Å². The van der Waals surface area contributed by atoms with E-state index >= 15 is 0 Å². The summed E-state index contributed by atoms with van der Waals surface area (Å²) in [7, 11) is 3.03. The number of nitrogens with one attached hydrogen (secondary N) is 3. The molecule has 28 heavy (non-hydrogen) atoms. The summed E-state index contributed by atoms with van der Waals surface area (Å²) in [6.07, 6.45) is -4.65. The number of aliphatic imine (C=N–C) groups is 1. The predicted octanol–water partition coefficient (Wildman–Crippen LogP) is 3.07. The van der Waals surface area contributed by atoms with Crippen LogP contribution in [0.15, 0.2) is 47.5 Å². The van der Waals surface area contributed by atoms with Crippen molar-refractivity contribution >= 4 is 11.9 Å². The Morgan fingerprint density at radius 3 is 2.25 bits per heavy atom. The van der Waals surface area contributed by atoms with Gasteiger partial charge in [-0.05, 0) is 35.4 Å². The van der Waals surface area contributed by atoms with E-state index in [0.717, 1.165) is 17.7 Å². The summed E-state index contributed by atoms with van der Waals surface area (Å²) in [6, 6.07) is 9.40. The van der Waals surface area contributed by atoms with Gasteiger partial charge in [-0.15, -0.1) is 0 Å². The number of halogens is 4. The summed E-state index contributed by atoms with van der Waals surface area (Å²) in [5.74, 6) is -0.858. The van der Waals surface area contributed by atoms with Crippen LogP contribution in [-0.4, -0.2) is 26.0 Å². The fraction of sp³-hybridized carbons (Fsp3) is 0.263. The van der Waals surface area contributed by atoms with Gasteiger partial charge in [-0.2, -0.15) is 13.2 Å². The first-order valence-corrected chi connectivity index (χ1v) is 8.35. The lowest BCUT2D eigenvalue weighted by atomic mass is 10.1. The van der Waals surface area contributed by atoms with Gasteiger partial charge < -0.3 is 16.0 Å². The van der Waals surface area contributed by atoms with Crippen LogP contribution in [0, 0.1) is 5.82 Å². The smallest absolute Gasteiger partial charge is 0.355 e. The second-order valence-corrected chi connectivity index (χ2v) is 5.85. The number of nitrogens with zero attached hydrogens (tertiary/aromatic N) is 1. The summed E-state index contributed by atoms with van der Waals surface area (Å²) >= 11 is 0. The van der Waals surface area contributed by atoms with Gasteiger partial charge >= 0.3 is 6.18 Å². The highest BCUT2D eigenvalue weighted by atomic mass is 19.4. The Morgan fingerprint density at radius 2 is 1.68 bits per heavy atom. The molecule has 0 spiro atoms. The molecule has 0 bridgehead atoms. The van der Waals surface area contributed by atoms with E-state index in [2.05, 4.69) is 20.9 Å². The summed E-state index contributed by atoms with van der Waals surface area (Å²) in [5, 5.41) is 8.27. The molecule has 0 aliphatic heterocycles. The van der Waals surface area contributed by atoms with Crippen molar-refractivity contribution in [3.63, 3.8) is 0 Å². The molecule has 0 saturated heterocycles.